The minimum Gasteiger partial charge on any atom is -0.329 e. The molecule has 0 radical (unpaired) electrons. The van der Waals surface area contributed by atoms with Gasteiger partial charge in [0.2, 0.25) is 0 Å². The van der Waals surface area contributed by atoms with E-state index in [4.69, 9.17) is 0 Å². The van der Waals surface area contributed by atoms with E-state index in [0.717, 1.165) is 0 Å². The Balaban J connectivity index is 4.17. The van der Waals surface area contributed by atoms with Crippen molar-refractivity contribution >= 4 is 8.24 Å². The Kier molecular flexibility index (Phi) is 5.50. The van der Waals surface area contributed by atoms with Crippen LogP contribution in [0.3, 0.4) is 0 Å². The summed E-state index contributed by atoms with van der Waals surface area (Å²) >= 11 is 0. The summed E-state index contributed by atoms with van der Waals surface area (Å²) in [5.41, 5.74) is 0. The lowest BCUT2D eigenvalue weighted by Crippen LogP contribution is -2.45. The second kappa shape index (κ2) is 5.54. The first kappa shape index (κ1) is 11.9. The fourth-order valence-corrected chi connectivity index (χ4v) is 4.26. The summed E-state index contributed by atoms with van der Waals surface area (Å²) in [6.45, 7) is 6.86. The predicted octanol–water partition coefficient (Wildman–Crippen LogP) is 3.11. The van der Waals surface area contributed by atoms with E-state index < -0.39 is 8.24 Å². The van der Waals surface area contributed by atoms with Crippen molar-refractivity contribution in [3.63, 3.8) is 0 Å². The maximum Gasteiger partial charge on any atom is 0.128 e. The van der Waals surface area contributed by atoms with Crippen LogP contribution in [0.25, 0.3) is 0 Å². The molecule has 0 aromatic rings. The molecule has 72 valence electrons. The van der Waals surface area contributed by atoms with Crippen molar-refractivity contribution in [2.24, 2.45) is 0 Å². The summed E-state index contributed by atoms with van der Waals surface area (Å²) in [5.74, 6) is 0. The van der Waals surface area contributed by atoms with Crippen LogP contribution in [0.4, 0.5) is 0 Å². The third-order valence-corrected chi connectivity index (χ3v) is 7.51. The Morgan fingerprint density at radius 1 is 1.33 bits per heavy atom. The van der Waals surface area contributed by atoms with Gasteiger partial charge in [0.1, 0.15) is 8.24 Å². The van der Waals surface area contributed by atoms with E-state index in [0.29, 0.717) is 0 Å². The summed E-state index contributed by atoms with van der Waals surface area (Å²) in [6.07, 6.45) is 5.81. The average molecular weight is 185 g/mol. The van der Waals surface area contributed by atoms with E-state index in [1.54, 1.807) is 0 Å². The Labute approximate surface area is 78.6 Å². The van der Waals surface area contributed by atoms with Crippen LogP contribution in [-0.4, -0.2) is 26.9 Å². The maximum absolute atomic E-state index is 2.47. The molecular formula is C10H23NSi. The molecule has 0 aliphatic heterocycles. The van der Waals surface area contributed by atoms with Crippen LogP contribution in [0.5, 0.6) is 0 Å². The van der Waals surface area contributed by atoms with Gasteiger partial charge in [-0.25, -0.2) is 0 Å². The molecule has 2 heteroatoms. The number of hydrogen-bond donors (Lipinski definition) is 0. The van der Waals surface area contributed by atoms with E-state index in [-0.39, 0.29) is 0 Å². The summed E-state index contributed by atoms with van der Waals surface area (Å²) < 4.78 is 2.47. The van der Waals surface area contributed by atoms with Crippen LogP contribution in [0.15, 0.2) is 12.2 Å². The van der Waals surface area contributed by atoms with Crippen LogP contribution in [0.2, 0.25) is 18.6 Å². The highest BCUT2D eigenvalue weighted by molar-refractivity contribution is 6.76. The molecule has 1 atom stereocenters. The molecule has 0 bridgehead atoms. The Hall–Kier alpha value is -0.0831. The zero-order valence-corrected chi connectivity index (χ0v) is 10.2. The highest BCUT2D eigenvalue weighted by atomic mass is 28.3. The van der Waals surface area contributed by atoms with Gasteiger partial charge in [-0.15, -0.1) is 0 Å². The molecule has 1 unspecified atom stereocenters. The van der Waals surface area contributed by atoms with Crippen molar-refractivity contribution in [3.8, 4) is 0 Å². The highest BCUT2D eigenvalue weighted by Crippen LogP contribution is 2.20. The van der Waals surface area contributed by atoms with Gasteiger partial charge >= 0.3 is 0 Å². The molecule has 0 aliphatic rings. The SMILES string of the molecule is CC=CC[Si](C)(CCC)N(C)C. The second-order valence-electron chi connectivity index (χ2n) is 3.91. The topological polar surface area (TPSA) is 3.24 Å². The van der Waals surface area contributed by atoms with Gasteiger partial charge in [-0.3, -0.25) is 0 Å². The molecule has 0 spiro atoms. The Morgan fingerprint density at radius 3 is 2.25 bits per heavy atom. The van der Waals surface area contributed by atoms with E-state index in [1.807, 2.05) is 0 Å². The van der Waals surface area contributed by atoms with Gasteiger partial charge in [0.15, 0.2) is 0 Å². The number of allylic oxidation sites excluding steroid dienone is 2. The van der Waals surface area contributed by atoms with Crippen LogP contribution in [0, 0.1) is 0 Å². The zero-order chi connectivity index (χ0) is 9.61. The summed E-state index contributed by atoms with van der Waals surface area (Å²) in [7, 11) is 3.35. The third-order valence-electron chi connectivity index (χ3n) is 2.66. The fraction of sp³-hybridized carbons (Fsp3) is 0.800. The Morgan fingerprint density at radius 2 is 1.92 bits per heavy atom. The summed E-state index contributed by atoms with van der Waals surface area (Å²) in [5, 5.41) is 0. The zero-order valence-electron chi connectivity index (χ0n) is 9.22. The molecule has 0 amide bonds. The first-order valence-corrected chi connectivity index (χ1v) is 7.71. The second-order valence-corrected chi connectivity index (χ2v) is 8.71. The molecule has 0 aromatic heterocycles. The molecule has 0 N–H and O–H groups in total. The minimum absolute atomic E-state index is 1.10. The van der Waals surface area contributed by atoms with Crippen LogP contribution in [0.1, 0.15) is 20.3 Å². The molecule has 0 saturated heterocycles. The highest BCUT2D eigenvalue weighted by Gasteiger charge is 2.27. The summed E-state index contributed by atoms with van der Waals surface area (Å²) in [4.78, 5) is 0. The van der Waals surface area contributed by atoms with Gasteiger partial charge in [0.25, 0.3) is 0 Å². The van der Waals surface area contributed by atoms with E-state index >= 15 is 0 Å². The molecule has 0 aromatic carbocycles. The quantitative estimate of drug-likeness (QED) is 0.470. The molecular weight excluding hydrogens is 162 g/mol. The summed E-state index contributed by atoms with van der Waals surface area (Å²) in [6, 6.07) is 2.70. The largest absolute Gasteiger partial charge is 0.329 e. The van der Waals surface area contributed by atoms with E-state index in [2.05, 4.69) is 51.2 Å². The van der Waals surface area contributed by atoms with E-state index in [9.17, 15) is 0 Å². The van der Waals surface area contributed by atoms with Gasteiger partial charge in [0, 0.05) is 0 Å². The molecule has 0 heterocycles. The lowest BCUT2D eigenvalue weighted by atomic mass is 10.6. The van der Waals surface area contributed by atoms with Crippen LogP contribution in [-0.2, 0) is 0 Å². The lowest BCUT2D eigenvalue weighted by molar-refractivity contribution is 0.609. The van der Waals surface area contributed by atoms with Crippen molar-refractivity contribution in [2.45, 2.75) is 38.9 Å². The monoisotopic (exact) mass is 185 g/mol. The van der Waals surface area contributed by atoms with Gasteiger partial charge in [-0.05, 0) is 33.1 Å². The van der Waals surface area contributed by atoms with Crippen molar-refractivity contribution in [1.29, 1.82) is 0 Å². The van der Waals surface area contributed by atoms with Crippen molar-refractivity contribution in [3.05, 3.63) is 12.2 Å². The van der Waals surface area contributed by atoms with Crippen molar-refractivity contribution in [2.75, 3.05) is 14.1 Å². The molecule has 0 saturated carbocycles. The molecule has 12 heavy (non-hydrogen) atoms. The van der Waals surface area contributed by atoms with Crippen molar-refractivity contribution < 1.29 is 0 Å². The van der Waals surface area contributed by atoms with E-state index in [1.165, 1.54) is 18.5 Å². The van der Waals surface area contributed by atoms with Crippen LogP contribution >= 0.6 is 0 Å². The molecule has 1 nitrogen and oxygen atoms in total. The standard InChI is InChI=1S/C10H23NSi/c1-6-8-10-12(5,9-7-2)11(3)4/h6,8H,7,9-10H2,1-5H3. The lowest BCUT2D eigenvalue weighted by Gasteiger charge is -2.33. The minimum atomic E-state index is -1.10. The smallest absolute Gasteiger partial charge is 0.128 e. The average Bonchev–Trinajstić information content (AvgIpc) is 2.01. The maximum atomic E-state index is 2.47. The molecule has 0 aliphatic carbocycles. The van der Waals surface area contributed by atoms with Gasteiger partial charge in [0.05, 0.1) is 0 Å². The number of hydrogen-bond acceptors (Lipinski definition) is 1. The molecule has 0 fully saturated rings. The van der Waals surface area contributed by atoms with Crippen LogP contribution < -0.4 is 0 Å². The third kappa shape index (κ3) is 3.54. The van der Waals surface area contributed by atoms with Crippen molar-refractivity contribution in [1.82, 2.24) is 4.57 Å². The first-order valence-electron chi connectivity index (χ1n) is 4.85. The number of nitrogens with zero attached hydrogens (tertiary/aromatic N) is 1. The molecule has 0 rings (SSSR count). The number of rotatable bonds is 5. The van der Waals surface area contributed by atoms with Gasteiger partial charge < -0.3 is 4.57 Å². The fourth-order valence-electron chi connectivity index (χ4n) is 1.42. The predicted molar refractivity (Wildman–Crippen MR) is 60.0 cm³/mol. The first-order chi connectivity index (χ1) is 5.56. The van der Waals surface area contributed by atoms with Gasteiger partial charge in [-0.1, -0.05) is 32.0 Å². The van der Waals surface area contributed by atoms with Gasteiger partial charge in [-0.2, -0.15) is 0 Å². The normalized spacial score (nSPS) is 17.2. The Bertz CT molecular complexity index is 143.